The monoisotopic (exact) mass is 557 g/mol. The number of carbonyl (C=O) groups is 2. The Hall–Kier alpha value is -3.27. The third-order valence-electron chi connectivity index (χ3n) is 7.32. The lowest BCUT2D eigenvalue weighted by atomic mass is 10.1. The molecule has 1 aliphatic heterocycles. The lowest BCUT2D eigenvalue weighted by Crippen LogP contribution is -2.53. The van der Waals surface area contributed by atoms with E-state index in [1.807, 2.05) is 38.1 Å². The summed E-state index contributed by atoms with van der Waals surface area (Å²) in [7, 11) is -3.83. The number of rotatable bonds is 11. The van der Waals surface area contributed by atoms with E-state index in [0.29, 0.717) is 36.8 Å². The molecule has 4 rings (SSSR count). The second kappa shape index (κ2) is 12.7. The van der Waals surface area contributed by atoms with Crippen LogP contribution in [0, 0.1) is 6.92 Å². The minimum Gasteiger partial charge on any atom is -0.486 e. The van der Waals surface area contributed by atoms with Crippen LogP contribution in [0.4, 0.5) is 5.69 Å². The van der Waals surface area contributed by atoms with Crippen molar-refractivity contribution in [2.24, 2.45) is 0 Å². The molecule has 0 unspecified atom stereocenters. The lowest BCUT2D eigenvalue weighted by molar-refractivity contribution is -0.140. The van der Waals surface area contributed by atoms with Crippen LogP contribution >= 0.6 is 0 Å². The number of nitrogens with one attached hydrogen (secondary N) is 1. The van der Waals surface area contributed by atoms with Crippen LogP contribution in [0.2, 0.25) is 0 Å². The van der Waals surface area contributed by atoms with Crippen molar-refractivity contribution in [3.63, 3.8) is 0 Å². The molecule has 10 heteroatoms. The van der Waals surface area contributed by atoms with Crippen molar-refractivity contribution in [2.75, 3.05) is 29.8 Å². The third kappa shape index (κ3) is 7.03. The molecule has 212 valence electrons. The molecule has 1 atom stereocenters. The first-order chi connectivity index (χ1) is 18.7. The molecule has 2 aromatic carbocycles. The summed E-state index contributed by atoms with van der Waals surface area (Å²) in [6, 6.07) is 12.0. The summed E-state index contributed by atoms with van der Waals surface area (Å²) in [5, 5.41) is 3.13. The predicted octanol–water partition coefficient (Wildman–Crippen LogP) is 3.79. The summed E-state index contributed by atoms with van der Waals surface area (Å²) in [5.41, 5.74) is 2.22. The van der Waals surface area contributed by atoms with Gasteiger partial charge in [0, 0.05) is 18.7 Å². The summed E-state index contributed by atoms with van der Waals surface area (Å²) in [4.78, 5) is 29.0. The molecule has 2 amide bonds. The number of ether oxygens (including phenoxy) is 2. The predicted molar refractivity (Wildman–Crippen MR) is 150 cm³/mol. The number of fused-ring (bicyclic) bond motifs is 1. The van der Waals surface area contributed by atoms with Gasteiger partial charge in [-0.3, -0.25) is 13.9 Å². The largest absolute Gasteiger partial charge is 0.486 e. The molecule has 1 saturated carbocycles. The zero-order valence-corrected chi connectivity index (χ0v) is 23.8. The maximum absolute atomic E-state index is 14.0. The van der Waals surface area contributed by atoms with Gasteiger partial charge in [-0.15, -0.1) is 0 Å². The van der Waals surface area contributed by atoms with E-state index in [0.717, 1.165) is 41.1 Å². The molecule has 0 saturated heterocycles. The first kappa shape index (κ1) is 28.7. The smallest absolute Gasteiger partial charge is 0.244 e. The number of hydrogen-bond acceptors (Lipinski definition) is 6. The topological polar surface area (TPSA) is 105 Å². The van der Waals surface area contributed by atoms with Gasteiger partial charge in [0.05, 0.1) is 11.4 Å². The molecule has 1 fully saturated rings. The zero-order chi connectivity index (χ0) is 28.0. The highest BCUT2D eigenvalue weighted by Crippen LogP contribution is 2.35. The Kier molecular flexibility index (Phi) is 9.37. The molecule has 9 nitrogen and oxygen atoms in total. The number of sulfonamides is 1. The van der Waals surface area contributed by atoms with Gasteiger partial charge in [-0.2, -0.15) is 0 Å². The van der Waals surface area contributed by atoms with E-state index in [-0.39, 0.29) is 24.2 Å². The van der Waals surface area contributed by atoms with Gasteiger partial charge in [-0.05, 0) is 50.8 Å². The van der Waals surface area contributed by atoms with Gasteiger partial charge in [0.25, 0.3) is 0 Å². The summed E-state index contributed by atoms with van der Waals surface area (Å²) in [5.74, 6) is 0.125. The van der Waals surface area contributed by atoms with Crippen molar-refractivity contribution in [1.29, 1.82) is 0 Å². The van der Waals surface area contributed by atoms with E-state index >= 15 is 0 Å². The quantitative estimate of drug-likeness (QED) is 0.451. The van der Waals surface area contributed by atoms with E-state index in [9.17, 15) is 18.0 Å². The van der Waals surface area contributed by atoms with Crippen LogP contribution in [-0.2, 0) is 26.2 Å². The van der Waals surface area contributed by atoms with Crippen LogP contribution in [0.1, 0.15) is 57.1 Å². The molecule has 2 aromatic rings. The first-order valence-corrected chi connectivity index (χ1v) is 15.4. The Morgan fingerprint density at radius 3 is 2.41 bits per heavy atom. The second-order valence-corrected chi connectivity index (χ2v) is 12.3. The summed E-state index contributed by atoms with van der Waals surface area (Å²) in [6.45, 7) is 5.91. The van der Waals surface area contributed by atoms with Gasteiger partial charge in [0.2, 0.25) is 21.8 Å². The highest BCUT2D eigenvalue weighted by molar-refractivity contribution is 7.92. The van der Waals surface area contributed by atoms with Gasteiger partial charge >= 0.3 is 0 Å². The fourth-order valence-corrected chi connectivity index (χ4v) is 6.25. The Labute approximate surface area is 231 Å². The molecule has 0 aromatic heterocycles. The van der Waals surface area contributed by atoms with Crippen molar-refractivity contribution in [3.8, 4) is 11.5 Å². The molecule has 1 aliphatic carbocycles. The number of aryl methyl sites for hydroxylation is 1. The lowest BCUT2D eigenvalue weighted by Gasteiger charge is -2.34. The van der Waals surface area contributed by atoms with Crippen molar-refractivity contribution in [1.82, 2.24) is 10.2 Å². The minimum absolute atomic E-state index is 0.108. The molecule has 2 aliphatic rings. The van der Waals surface area contributed by atoms with Crippen molar-refractivity contribution in [2.45, 2.75) is 71.5 Å². The number of benzene rings is 2. The molecule has 39 heavy (non-hydrogen) atoms. The van der Waals surface area contributed by atoms with Crippen molar-refractivity contribution < 1.29 is 27.5 Å². The molecule has 0 bridgehead atoms. The van der Waals surface area contributed by atoms with E-state index in [1.54, 1.807) is 25.1 Å². The summed E-state index contributed by atoms with van der Waals surface area (Å²) >= 11 is 0. The highest BCUT2D eigenvalue weighted by atomic mass is 32.2. The van der Waals surface area contributed by atoms with Crippen LogP contribution in [0.15, 0.2) is 42.5 Å². The Morgan fingerprint density at radius 1 is 1.03 bits per heavy atom. The van der Waals surface area contributed by atoms with E-state index in [2.05, 4.69) is 5.32 Å². The fourth-order valence-electron chi connectivity index (χ4n) is 5.20. The Balaban J connectivity index is 1.65. The SMILES string of the molecule is CC[C@@H](C(=O)NC1CCCC1)N(Cc1cccc(C)c1)C(=O)CN(c1ccc2c(c1)OCCO2)S(=O)(=O)CC. The number of anilines is 1. The molecule has 1 N–H and O–H groups in total. The third-order valence-corrected chi connectivity index (χ3v) is 9.06. The summed E-state index contributed by atoms with van der Waals surface area (Å²) in [6.07, 6.45) is 4.42. The zero-order valence-electron chi connectivity index (χ0n) is 23.0. The standard InChI is InChI=1S/C29H39N3O6S/c1-4-25(29(34)30-23-11-6-7-12-23)31(19-22-10-8-9-21(3)17-22)28(33)20-32(39(35,36)5-2)24-13-14-26-27(18-24)38-16-15-37-26/h8-10,13-14,17-18,23,25H,4-7,11-12,15-16,19-20H2,1-3H3,(H,30,34)/t25-/m0/s1. The fraction of sp³-hybridized carbons (Fsp3) is 0.517. The van der Waals surface area contributed by atoms with Gasteiger partial charge in [0.1, 0.15) is 25.8 Å². The number of amides is 2. The normalized spacial score (nSPS) is 16.0. The highest BCUT2D eigenvalue weighted by Gasteiger charge is 2.34. The molecular formula is C29H39N3O6S. The van der Waals surface area contributed by atoms with Crippen LogP contribution < -0.4 is 19.1 Å². The molecule has 0 radical (unpaired) electrons. The molecule has 0 spiro atoms. The number of carbonyl (C=O) groups excluding carboxylic acids is 2. The Bertz CT molecular complexity index is 1280. The van der Waals surface area contributed by atoms with Crippen LogP contribution in [0.25, 0.3) is 0 Å². The molecular weight excluding hydrogens is 518 g/mol. The van der Waals surface area contributed by atoms with Crippen molar-refractivity contribution in [3.05, 3.63) is 53.6 Å². The van der Waals surface area contributed by atoms with E-state index < -0.39 is 28.5 Å². The van der Waals surface area contributed by atoms with Gasteiger partial charge in [0.15, 0.2) is 11.5 Å². The number of hydrogen-bond donors (Lipinski definition) is 1. The Morgan fingerprint density at radius 2 is 1.74 bits per heavy atom. The first-order valence-electron chi connectivity index (χ1n) is 13.8. The molecule has 1 heterocycles. The maximum atomic E-state index is 14.0. The van der Waals surface area contributed by atoms with Gasteiger partial charge in [-0.1, -0.05) is 49.6 Å². The average molecular weight is 558 g/mol. The van der Waals surface area contributed by atoms with Gasteiger partial charge in [-0.25, -0.2) is 8.42 Å². The van der Waals surface area contributed by atoms with Crippen molar-refractivity contribution >= 4 is 27.5 Å². The van der Waals surface area contributed by atoms with Crippen LogP contribution in [0.3, 0.4) is 0 Å². The van der Waals surface area contributed by atoms with E-state index in [1.165, 1.54) is 4.90 Å². The van der Waals surface area contributed by atoms with Crippen LogP contribution in [0.5, 0.6) is 11.5 Å². The van der Waals surface area contributed by atoms with E-state index in [4.69, 9.17) is 9.47 Å². The maximum Gasteiger partial charge on any atom is 0.244 e. The summed E-state index contributed by atoms with van der Waals surface area (Å²) < 4.78 is 38.8. The second-order valence-electron chi connectivity index (χ2n) is 10.2. The minimum atomic E-state index is -3.83. The number of nitrogens with zero attached hydrogens (tertiary/aromatic N) is 2. The van der Waals surface area contributed by atoms with Crippen LogP contribution in [-0.4, -0.2) is 62.7 Å². The average Bonchev–Trinajstić information content (AvgIpc) is 3.44. The van der Waals surface area contributed by atoms with Gasteiger partial charge < -0.3 is 19.7 Å².